The molecule has 0 N–H and O–H groups in total. The fraction of sp³-hybridized carbons (Fsp3) is 0.211. The summed E-state index contributed by atoms with van der Waals surface area (Å²) >= 11 is 0. The van der Waals surface area contributed by atoms with Crippen molar-refractivity contribution in [3.8, 4) is 0 Å². The van der Waals surface area contributed by atoms with Crippen molar-refractivity contribution >= 4 is 27.3 Å². The Morgan fingerprint density at radius 1 is 0.952 bits per heavy atom. The van der Waals surface area contributed by atoms with Crippen LogP contribution in [0.4, 0.5) is 0 Å². The highest BCUT2D eigenvalue weighted by molar-refractivity contribution is 6.14. The van der Waals surface area contributed by atoms with E-state index in [9.17, 15) is 0 Å². The second kappa shape index (κ2) is 4.08. The minimum Gasteiger partial charge on any atom is -0.232 e. The van der Waals surface area contributed by atoms with Crippen LogP contribution in [0.1, 0.15) is 16.7 Å². The van der Waals surface area contributed by atoms with Crippen LogP contribution in [0.3, 0.4) is 0 Å². The van der Waals surface area contributed by atoms with E-state index in [0.717, 1.165) is 0 Å². The lowest BCUT2D eigenvalue weighted by atomic mass is 9.94. The smallest absolute Gasteiger partial charge is 0.232 e. The largest absolute Gasteiger partial charge is 0.294 e. The third-order valence-electron chi connectivity index (χ3n) is 4.70. The molecule has 0 atom stereocenters. The van der Waals surface area contributed by atoms with Crippen molar-refractivity contribution in [2.75, 3.05) is 0 Å². The molecule has 0 fully saturated rings. The van der Waals surface area contributed by atoms with Gasteiger partial charge in [-0.25, -0.2) is 4.57 Å². The van der Waals surface area contributed by atoms with Crippen molar-refractivity contribution in [1.29, 1.82) is 0 Å². The van der Waals surface area contributed by atoms with Gasteiger partial charge in [0.15, 0.2) is 0 Å². The summed E-state index contributed by atoms with van der Waals surface area (Å²) in [6, 6.07) is 11.0. The molecule has 0 amide bonds. The van der Waals surface area contributed by atoms with E-state index >= 15 is 0 Å². The fourth-order valence-corrected chi connectivity index (χ4v) is 3.58. The van der Waals surface area contributed by atoms with E-state index in [0.29, 0.717) is 0 Å². The van der Waals surface area contributed by atoms with Gasteiger partial charge in [0.05, 0.1) is 12.4 Å². The molecule has 0 aliphatic rings. The number of pyridine rings is 1. The van der Waals surface area contributed by atoms with Gasteiger partial charge in [-0.15, -0.1) is 0 Å². The second-order valence-corrected chi connectivity index (χ2v) is 6.01. The number of fused-ring (bicyclic) bond motifs is 6. The molecule has 0 unspecified atom stereocenters. The molecule has 0 aliphatic carbocycles. The average molecular weight is 275 g/mol. The van der Waals surface area contributed by atoms with Crippen LogP contribution in [-0.2, 0) is 7.05 Å². The molecule has 104 valence electrons. The van der Waals surface area contributed by atoms with Gasteiger partial charge in [0.2, 0.25) is 0 Å². The summed E-state index contributed by atoms with van der Waals surface area (Å²) in [6.07, 6.45) is 4.30. The Morgan fingerprint density at radius 3 is 2.52 bits per heavy atom. The summed E-state index contributed by atoms with van der Waals surface area (Å²) in [5.41, 5.74) is 6.63. The van der Waals surface area contributed by atoms with Crippen molar-refractivity contribution < 1.29 is 4.57 Å². The zero-order valence-corrected chi connectivity index (χ0v) is 12.9. The maximum Gasteiger partial charge on any atom is 0.294 e. The third kappa shape index (κ3) is 1.50. The normalized spacial score (nSPS) is 11.8. The minimum absolute atomic E-state index is 1.27. The number of imidazole rings is 1. The van der Waals surface area contributed by atoms with Gasteiger partial charge in [0.1, 0.15) is 17.9 Å². The Bertz CT molecular complexity index is 1020. The second-order valence-electron chi connectivity index (χ2n) is 6.01. The molecule has 2 aromatic heterocycles. The van der Waals surface area contributed by atoms with Gasteiger partial charge in [-0.2, -0.15) is 4.40 Å². The lowest BCUT2D eigenvalue weighted by molar-refractivity contribution is -0.643. The van der Waals surface area contributed by atoms with Crippen LogP contribution in [0.15, 0.2) is 42.7 Å². The van der Waals surface area contributed by atoms with E-state index in [1.54, 1.807) is 0 Å². The molecule has 0 aliphatic heterocycles. The van der Waals surface area contributed by atoms with Crippen LogP contribution in [0.2, 0.25) is 0 Å². The molecule has 21 heavy (non-hydrogen) atoms. The van der Waals surface area contributed by atoms with Crippen LogP contribution in [-0.4, -0.2) is 4.40 Å². The first kappa shape index (κ1) is 12.4. The van der Waals surface area contributed by atoms with Crippen LogP contribution in [0.25, 0.3) is 27.3 Å². The highest BCUT2D eigenvalue weighted by Gasteiger charge is 2.20. The molecule has 2 heteroatoms. The van der Waals surface area contributed by atoms with E-state index in [-0.39, 0.29) is 0 Å². The quantitative estimate of drug-likeness (QED) is 0.339. The topological polar surface area (TPSA) is 8.29 Å². The van der Waals surface area contributed by atoms with Gasteiger partial charge in [-0.05, 0) is 43.5 Å². The monoisotopic (exact) mass is 275 g/mol. The predicted molar refractivity (Wildman–Crippen MR) is 87.8 cm³/mol. The Hall–Kier alpha value is -2.35. The zero-order chi connectivity index (χ0) is 14.7. The highest BCUT2D eigenvalue weighted by Crippen LogP contribution is 2.34. The summed E-state index contributed by atoms with van der Waals surface area (Å²) in [7, 11) is 2.13. The number of nitrogens with zero attached hydrogens (tertiary/aromatic N) is 2. The SMILES string of the molecule is Cc1cc(C)c2c3ccccc3n3cc[n+](C)c3c2c1C. The number of aryl methyl sites for hydroxylation is 4. The molecule has 0 saturated heterocycles. The molecule has 4 rings (SSSR count). The van der Waals surface area contributed by atoms with Crippen LogP contribution in [0.5, 0.6) is 0 Å². The van der Waals surface area contributed by atoms with Gasteiger partial charge in [-0.1, -0.05) is 24.3 Å². The van der Waals surface area contributed by atoms with E-state index in [1.807, 2.05) is 0 Å². The molecule has 0 spiro atoms. The van der Waals surface area contributed by atoms with Gasteiger partial charge in [0.25, 0.3) is 5.65 Å². The van der Waals surface area contributed by atoms with Crippen molar-refractivity contribution in [2.24, 2.45) is 7.05 Å². The summed E-state index contributed by atoms with van der Waals surface area (Å²) < 4.78 is 4.53. The van der Waals surface area contributed by atoms with Gasteiger partial charge in [0, 0.05) is 10.8 Å². The summed E-state index contributed by atoms with van der Waals surface area (Å²) in [4.78, 5) is 0. The number of hydrogen-bond donors (Lipinski definition) is 0. The summed E-state index contributed by atoms with van der Waals surface area (Å²) in [6.45, 7) is 6.66. The van der Waals surface area contributed by atoms with Crippen LogP contribution < -0.4 is 4.57 Å². The van der Waals surface area contributed by atoms with E-state index < -0.39 is 0 Å². The predicted octanol–water partition coefficient (Wildman–Crippen LogP) is 4.00. The Kier molecular flexibility index (Phi) is 2.41. The molecule has 0 saturated carbocycles. The highest BCUT2D eigenvalue weighted by atomic mass is 15.1. The first-order valence-corrected chi connectivity index (χ1v) is 7.37. The molecule has 0 bridgehead atoms. The van der Waals surface area contributed by atoms with Crippen molar-refractivity contribution in [2.45, 2.75) is 20.8 Å². The number of aromatic nitrogens is 2. The van der Waals surface area contributed by atoms with Crippen molar-refractivity contribution in [3.05, 3.63) is 59.4 Å². The molecule has 2 nitrogen and oxygen atoms in total. The lowest BCUT2D eigenvalue weighted by Gasteiger charge is -2.12. The molecule has 0 radical (unpaired) electrons. The zero-order valence-electron chi connectivity index (χ0n) is 12.9. The Morgan fingerprint density at radius 2 is 1.71 bits per heavy atom. The fourth-order valence-electron chi connectivity index (χ4n) is 3.58. The van der Waals surface area contributed by atoms with E-state index in [1.165, 1.54) is 44.0 Å². The number of para-hydroxylation sites is 1. The van der Waals surface area contributed by atoms with Gasteiger partial charge < -0.3 is 0 Å². The first-order chi connectivity index (χ1) is 10.1. The Labute approximate surface area is 124 Å². The van der Waals surface area contributed by atoms with E-state index in [2.05, 4.69) is 79.5 Å². The maximum absolute atomic E-state index is 2.31. The number of hydrogen-bond acceptors (Lipinski definition) is 0. The number of benzene rings is 2. The van der Waals surface area contributed by atoms with E-state index in [4.69, 9.17) is 0 Å². The van der Waals surface area contributed by atoms with Crippen LogP contribution >= 0.6 is 0 Å². The minimum atomic E-state index is 1.27. The standard InChI is InChI=1S/C19H19N2/c1-12-11-13(2)17-15-7-5-6-8-16(15)21-10-9-20(4)19(21)18(17)14(12)3/h5-11H,1-4H3/q+1. The maximum atomic E-state index is 2.31. The van der Waals surface area contributed by atoms with Gasteiger partial charge in [-0.3, -0.25) is 0 Å². The van der Waals surface area contributed by atoms with Gasteiger partial charge >= 0.3 is 0 Å². The molecule has 4 aromatic rings. The molecule has 2 aromatic carbocycles. The molecular formula is C19H19N2+. The Balaban J connectivity index is 2.51. The number of rotatable bonds is 0. The average Bonchev–Trinajstić information content (AvgIpc) is 2.86. The van der Waals surface area contributed by atoms with Crippen molar-refractivity contribution in [1.82, 2.24) is 4.40 Å². The summed E-state index contributed by atoms with van der Waals surface area (Å²) in [5, 5.41) is 4.09. The van der Waals surface area contributed by atoms with Crippen LogP contribution in [0, 0.1) is 20.8 Å². The molecular weight excluding hydrogens is 256 g/mol. The third-order valence-corrected chi connectivity index (χ3v) is 4.70. The lowest BCUT2D eigenvalue weighted by Crippen LogP contribution is -2.26. The van der Waals surface area contributed by atoms with Crippen molar-refractivity contribution in [3.63, 3.8) is 0 Å². The molecule has 2 heterocycles. The summed E-state index contributed by atoms with van der Waals surface area (Å²) in [5.74, 6) is 0. The first-order valence-electron chi connectivity index (χ1n) is 7.37.